The number of halogens is 1. The lowest BCUT2D eigenvalue weighted by molar-refractivity contribution is 0.553. The molecule has 0 bridgehead atoms. The smallest absolute Gasteiger partial charge is 0.170 e. The van der Waals surface area contributed by atoms with Crippen molar-refractivity contribution >= 4 is 11.0 Å². The van der Waals surface area contributed by atoms with Crippen LogP contribution in [0.15, 0.2) is 22.8 Å². The van der Waals surface area contributed by atoms with Crippen LogP contribution >= 0.6 is 0 Å². The maximum atomic E-state index is 13.7. The van der Waals surface area contributed by atoms with Crippen molar-refractivity contribution in [2.75, 3.05) is 13.1 Å². The summed E-state index contributed by atoms with van der Waals surface area (Å²) in [7, 11) is 0. The molecule has 1 N–H and O–H groups in total. The molecule has 0 aliphatic rings. The lowest BCUT2D eigenvalue weighted by Gasteiger charge is -2.01. The molecule has 2 rings (SSSR count). The second kappa shape index (κ2) is 5.32. The van der Waals surface area contributed by atoms with Crippen LogP contribution in [0.3, 0.4) is 0 Å². The second-order valence-corrected chi connectivity index (χ2v) is 4.33. The molecule has 0 saturated carbocycles. The minimum absolute atomic E-state index is 0.240. The molecule has 1 aromatic carbocycles. The highest BCUT2D eigenvalue weighted by molar-refractivity contribution is 5.82. The van der Waals surface area contributed by atoms with Crippen molar-refractivity contribution in [3.8, 4) is 0 Å². The average Bonchev–Trinajstić information content (AvgIpc) is 2.73. The molecule has 0 fully saturated rings. The lowest BCUT2D eigenvalue weighted by atomic mass is 10.1. The molecule has 17 heavy (non-hydrogen) atoms. The van der Waals surface area contributed by atoms with E-state index in [1.807, 2.05) is 6.07 Å². The van der Waals surface area contributed by atoms with Gasteiger partial charge in [0.25, 0.3) is 0 Å². The van der Waals surface area contributed by atoms with Gasteiger partial charge < -0.3 is 9.73 Å². The van der Waals surface area contributed by atoms with Gasteiger partial charge in [0.2, 0.25) is 0 Å². The summed E-state index contributed by atoms with van der Waals surface area (Å²) in [6, 6.07) is 3.74. The Morgan fingerprint density at radius 3 is 2.88 bits per heavy atom. The number of nitrogens with one attached hydrogen (secondary N) is 1. The van der Waals surface area contributed by atoms with E-state index in [9.17, 15) is 4.39 Å². The van der Waals surface area contributed by atoms with Crippen LogP contribution in [0.5, 0.6) is 0 Å². The van der Waals surface area contributed by atoms with E-state index in [1.54, 1.807) is 19.3 Å². The summed E-state index contributed by atoms with van der Waals surface area (Å²) in [6.07, 6.45) is 3.66. The fourth-order valence-electron chi connectivity index (χ4n) is 1.93. The van der Waals surface area contributed by atoms with Crippen LogP contribution in [0, 0.1) is 12.7 Å². The first kappa shape index (κ1) is 12.1. The SMILES string of the molecule is CCCNCCc1coc2c(F)c(C)ccc12. The first-order chi connectivity index (χ1) is 8.24. The third-order valence-corrected chi connectivity index (χ3v) is 2.95. The molecule has 2 nitrogen and oxygen atoms in total. The molecule has 0 aliphatic heterocycles. The van der Waals surface area contributed by atoms with E-state index in [2.05, 4.69) is 12.2 Å². The standard InChI is InChI=1S/C14H18FNO/c1-3-7-16-8-6-11-9-17-14-12(11)5-4-10(2)13(14)15/h4-5,9,16H,3,6-8H2,1-2H3. The van der Waals surface area contributed by atoms with Crippen LogP contribution in [-0.2, 0) is 6.42 Å². The molecule has 0 amide bonds. The van der Waals surface area contributed by atoms with E-state index in [4.69, 9.17) is 4.42 Å². The average molecular weight is 235 g/mol. The Bertz CT molecular complexity index is 504. The van der Waals surface area contributed by atoms with Crippen molar-refractivity contribution < 1.29 is 8.81 Å². The maximum absolute atomic E-state index is 13.7. The fourth-order valence-corrected chi connectivity index (χ4v) is 1.93. The summed E-state index contributed by atoms with van der Waals surface area (Å²) in [6.45, 7) is 5.80. The third-order valence-electron chi connectivity index (χ3n) is 2.95. The van der Waals surface area contributed by atoms with Gasteiger partial charge in [-0.3, -0.25) is 0 Å². The summed E-state index contributed by atoms with van der Waals surface area (Å²) in [5, 5.41) is 4.22. The van der Waals surface area contributed by atoms with Gasteiger partial charge in [-0.2, -0.15) is 0 Å². The molecule has 1 heterocycles. The van der Waals surface area contributed by atoms with E-state index < -0.39 is 0 Å². The molecular weight excluding hydrogens is 217 g/mol. The van der Waals surface area contributed by atoms with Gasteiger partial charge in [0.15, 0.2) is 11.4 Å². The second-order valence-electron chi connectivity index (χ2n) is 4.33. The normalized spacial score (nSPS) is 11.2. The minimum atomic E-state index is -0.240. The molecule has 3 heteroatoms. The Labute approximate surface area is 101 Å². The van der Waals surface area contributed by atoms with E-state index in [1.165, 1.54) is 0 Å². The third kappa shape index (κ3) is 2.50. The van der Waals surface area contributed by atoms with Crippen LogP contribution in [0.4, 0.5) is 4.39 Å². The summed E-state index contributed by atoms with van der Waals surface area (Å²) >= 11 is 0. The zero-order valence-corrected chi connectivity index (χ0v) is 10.3. The quantitative estimate of drug-likeness (QED) is 0.803. The van der Waals surface area contributed by atoms with Gasteiger partial charge in [-0.05, 0) is 44.0 Å². The van der Waals surface area contributed by atoms with Gasteiger partial charge in [0.1, 0.15) is 0 Å². The van der Waals surface area contributed by atoms with Gasteiger partial charge in [0.05, 0.1) is 6.26 Å². The lowest BCUT2D eigenvalue weighted by Crippen LogP contribution is -2.17. The Balaban J connectivity index is 2.16. The van der Waals surface area contributed by atoms with E-state index in [0.717, 1.165) is 36.9 Å². The van der Waals surface area contributed by atoms with Crippen molar-refractivity contribution in [1.29, 1.82) is 0 Å². The first-order valence-electron chi connectivity index (χ1n) is 6.10. The number of hydrogen-bond acceptors (Lipinski definition) is 2. The molecule has 1 aromatic heterocycles. The molecule has 0 unspecified atom stereocenters. The van der Waals surface area contributed by atoms with Gasteiger partial charge in [-0.15, -0.1) is 0 Å². The fraction of sp³-hybridized carbons (Fsp3) is 0.429. The Hall–Kier alpha value is -1.35. The van der Waals surface area contributed by atoms with Gasteiger partial charge in [-0.1, -0.05) is 19.1 Å². The number of hydrogen-bond donors (Lipinski definition) is 1. The molecule has 0 saturated heterocycles. The topological polar surface area (TPSA) is 25.2 Å². The number of rotatable bonds is 5. The summed E-state index contributed by atoms with van der Waals surface area (Å²) in [5.74, 6) is -0.240. The summed E-state index contributed by atoms with van der Waals surface area (Å²) < 4.78 is 19.1. The largest absolute Gasteiger partial charge is 0.461 e. The highest BCUT2D eigenvalue weighted by Crippen LogP contribution is 2.25. The van der Waals surface area contributed by atoms with E-state index >= 15 is 0 Å². The Kier molecular flexibility index (Phi) is 3.79. The molecule has 92 valence electrons. The van der Waals surface area contributed by atoms with Gasteiger partial charge in [-0.25, -0.2) is 4.39 Å². The predicted molar refractivity (Wildman–Crippen MR) is 67.8 cm³/mol. The maximum Gasteiger partial charge on any atom is 0.170 e. The van der Waals surface area contributed by atoms with E-state index in [-0.39, 0.29) is 5.82 Å². The summed E-state index contributed by atoms with van der Waals surface area (Å²) in [4.78, 5) is 0. The Morgan fingerprint density at radius 2 is 2.12 bits per heavy atom. The summed E-state index contributed by atoms with van der Waals surface area (Å²) in [5.41, 5.74) is 2.08. The molecular formula is C14H18FNO. The van der Waals surface area contributed by atoms with Crippen LogP contribution in [0.2, 0.25) is 0 Å². The Morgan fingerprint density at radius 1 is 1.29 bits per heavy atom. The molecule has 2 aromatic rings. The van der Waals surface area contributed by atoms with Gasteiger partial charge in [0, 0.05) is 5.39 Å². The zero-order chi connectivity index (χ0) is 12.3. The highest BCUT2D eigenvalue weighted by atomic mass is 19.1. The van der Waals surface area contributed by atoms with Gasteiger partial charge >= 0.3 is 0 Å². The van der Waals surface area contributed by atoms with Crippen LogP contribution in [0.1, 0.15) is 24.5 Å². The number of fused-ring (bicyclic) bond motifs is 1. The van der Waals surface area contributed by atoms with Crippen molar-refractivity contribution in [3.05, 3.63) is 35.3 Å². The van der Waals surface area contributed by atoms with Crippen molar-refractivity contribution in [2.45, 2.75) is 26.7 Å². The van der Waals surface area contributed by atoms with Crippen molar-refractivity contribution in [2.24, 2.45) is 0 Å². The first-order valence-corrected chi connectivity index (χ1v) is 6.10. The minimum Gasteiger partial charge on any atom is -0.461 e. The molecule has 0 aliphatic carbocycles. The molecule has 0 radical (unpaired) electrons. The van der Waals surface area contributed by atoms with Crippen molar-refractivity contribution in [1.82, 2.24) is 5.32 Å². The van der Waals surface area contributed by atoms with Crippen LogP contribution in [-0.4, -0.2) is 13.1 Å². The molecule has 0 spiro atoms. The number of furan rings is 1. The zero-order valence-electron chi connectivity index (χ0n) is 10.3. The monoisotopic (exact) mass is 235 g/mol. The van der Waals surface area contributed by atoms with Crippen LogP contribution in [0.25, 0.3) is 11.0 Å². The number of aryl methyl sites for hydroxylation is 1. The van der Waals surface area contributed by atoms with Crippen molar-refractivity contribution in [3.63, 3.8) is 0 Å². The highest BCUT2D eigenvalue weighted by Gasteiger charge is 2.11. The number of benzene rings is 1. The predicted octanol–water partition coefficient (Wildman–Crippen LogP) is 3.42. The molecule has 0 atom stereocenters. The van der Waals surface area contributed by atoms with Crippen LogP contribution < -0.4 is 5.32 Å². The van der Waals surface area contributed by atoms with E-state index in [0.29, 0.717) is 11.1 Å².